The quantitative estimate of drug-likeness (QED) is 0.829. The topological polar surface area (TPSA) is 68.3 Å². The molecule has 0 aliphatic carbocycles. The molecular weight excluding hydrogens is 266 g/mol. The number of aryl methyl sites for hydroxylation is 2. The van der Waals surface area contributed by atoms with Crippen molar-refractivity contribution in [3.63, 3.8) is 0 Å². The lowest BCUT2D eigenvalue weighted by Gasteiger charge is -2.08. The van der Waals surface area contributed by atoms with Gasteiger partial charge >= 0.3 is 0 Å². The number of rotatable bonds is 2. The van der Waals surface area contributed by atoms with E-state index >= 15 is 0 Å². The van der Waals surface area contributed by atoms with Gasteiger partial charge in [0.05, 0.1) is 16.9 Å². The maximum Gasteiger partial charge on any atom is 0.259 e. The molecule has 0 fully saturated rings. The van der Waals surface area contributed by atoms with Crippen molar-refractivity contribution < 1.29 is 18.0 Å². The summed E-state index contributed by atoms with van der Waals surface area (Å²) in [6, 6.07) is 1.67. The zero-order valence-electron chi connectivity index (χ0n) is 11.3. The molecule has 1 aromatic carbocycles. The fraction of sp³-hybridized carbons (Fsp3) is 0.214. The fourth-order valence-corrected chi connectivity index (χ4v) is 1.97. The van der Waals surface area contributed by atoms with Crippen molar-refractivity contribution in [2.75, 3.05) is 11.1 Å². The predicted molar refractivity (Wildman–Crippen MR) is 71.6 cm³/mol. The van der Waals surface area contributed by atoms with Crippen molar-refractivity contribution in [3.8, 4) is 0 Å². The summed E-state index contributed by atoms with van der Waals surface area (Å²) in [4.78, 5) is 12.1. The molecule has 0 atom stereocenters. The number of hydrogen-bond acceptors (Lipinski definition) is 3. The van der Waals surface area contributed by atoms with E-state index in [1.165, 1.54) is 0 Å². The van der Waals surface area contributed by atoms with Gasteiger partial charge < -0.3 is 15.5 Å². The molecule has 106 valence electrons. The van der Waals surface area contributed by atoms with Crippen LogP contribution >= 0.6 is 0 Å². The number of carbonyl (C=O) groups is 1. The summed E-state index contributed by atoms with van der Waals surface area (Å²) in [5, 5.41) is 2.37. The van der Waals surface area contributed by atoms with E-state index in [0.717, 1.165) is 6.07 Å². The molecule has 6 heteroatoms. The van der Waals surface area contributed by atoms with Crippen molar-refractivity contribution in [2.45, 2.75) is 20.8 Å². The number of carbonyl (C=O) groups excluding carboxylic acids is 1. The van der Waals surface area contributed by atoms with Crippen LogP contribution in [-0.2, 0) is 0 Å². The minimum Gasteiger partial charge on any atom is -0.466 e. The van der Waals surface area contributed by atoms with Crippen LogP contribution < -0.4 is 11.1 Å². The second-order valence-electron chi connectivity index (χ2n) is 4.52. The molecule has 1 aromatic heterocycles. The van der Waals surface area contributed by atoms with Crippen molar-refractivity contribution >= 4 is 17.3 Å². The lowest BCUT2D eigenvalue weighted by molar-refractivity contribution is 0.102. The lowest BCUT2D eigenvalue weighted by atomic mass is 10.1. The summed E-state index contributed by atoms with van der Waals surface area (Å²) in [6.07, 6.45) is 0. The van der Waals surface area contributed by atoms with Gasteiger partial charge in [0.25, 0.3) is 5.91 Å². The average molecular weight is 280 g/mol. The Bertz CT molecular complexity index is 693. The normalized spacial score (nSPS) is 10.7. The predicted octanol–water partition coefficient (Wildman–Crippen LogP) is 3.32. The molecule has 0 unspecified atom stereocenters. The summed E-state index contributed by atoms with van der Waals surface area (Å²) in [6.45, 7) is 5.11. The smallest absolute Gasteiger partial charge is 0.259 e. The molecule has 20 heavy (non-hydrogen) atoms. The number of nitrogens with two attached hydrogens (primary N) is 1. The summed E-state index contributed by atoms with van der Waals surface area (Å²) in [5.74, 6) is -1.23. The summed E-state index contributed by atoms with van der Waals surface area (Å²) < 4.78 is 32.0. The molecule has 1 heterocycles. The van der Waals surface area contributed by atoms with E-state index in [1.54, 1.807) is 20.8 Å². The maximum absolute atomic E-state index is 13.6. The number of furan rings is 1. The number of hydrogen-bond donors (Lipinski definition) is 2. The first-order valence-corrected chi connectivity index (χ1v) is 5.93. The van der Waals surface area contributed by atoms with Gasteiger partial charge in [-0.1, -0.05) is 0 Å². The van der Waals surface area contributed by atoms with Crippen LogP contribution in [0.5, 0.6) is 0 Å². The number of amides is 1. The minimum atomic E-state index is -0.888. The lowest BCUT2D eigenvalue weighted by Crippen LogP contribution is -2.15. The summed E-state index contributed by atoms with van der Waals surface area (Å²) >= 11 is 0. The zero-order valence-corrected chi connectivity index (χ0v) is 11.3. The van der Waals surface area contributed by atoms with Gasteiger partial charge in [0.1, 0.15) is 23.2 Å². The van der Waals surface area contributed by atoms with Gasteiger partial charge in [-0.3, -0.25) is 4.79 Å². The van der Waals surface area contributed by atoms with Crippen LogP contribution in [0, 0.1) is 32.4 Å². The van der Waals surface area contributed by atoms with Crippen molar-refractivity contribution in [1.29, 1.82) is 0 Å². The largest absolute Gasteiger partial charge is 0.466 e. The molecule has 2 aromatic rings. The Kier molecular flexibility index (Phi) is 3.48. The molecule has 0 aliphatic rings. The Hall–Kier alpha value is -2.37. The number of nitrogens with one attached hydrogen (secondary N) is 1. The molecule has 0 bridgehead atoms. The molecule has 0 saturated heterocycles. The van der Waals surface area contributed by atoms with E-state index in [4.69, 9.17) is 10.2 Å². The first-order chi connectivity index (χ1) is 9.31. The van der Waals surface area contributed by atoms with Crippen molar-refractivity contribution in [2.24, 2.45) is 0 Å². The van der Waals surface area contributed by atoms with E-state index in [1.807, 2.05) is 0 Å². The van der Waals surface area contributed by atoms with Gasteiger partial charge in [-0.25, -0.2) is 8.78 Å². The van der Waals surface area contributed by atoms with Crippen LogP contribution in [0.4, 0.5) is 20.2 Å². The van der Waals surface area contributed by atoms with E-state index in [2.05, 4.69) is 5.32 Å². The Morgan fingerprint density at radius 3 is 2.35 bits per heavy atom. The van der Waals surface area contributed by atoms with E-state index < -0.39 is 17.5 Å². The van der Waals surface area contributed by atoms with Crippen molar-refractivity contribution in [1.82, 2.24) is 0 Å². The van der Waals surface area contributed by atoms with Gasteiger partial charge in [-0.05, 0) is 26.8 Å². The summed E-state index contributed by atoms with van der Waals surface area (Å²) in [7, 11) is 0. The van der Waals surface area contributed by atoms with E-state index in [9.17, 15) is 13.6 Å². The highest BCUT2D eigenvalue weighted by atomic mass is 19.1. The Balaban J connectivity index is 2.35. The fourth-order valence-electron chi connectivity index (χ4n) is 1.97. The van der Waals surface area contributed by atoms with Crippen LogP contribution in [0.3, 0.4) is 0 Å². The standard InChI is InChI=1S/C14H14F2N2O2/c1-6-7(2)20-8(3)13(6)14(19)18-12-5-11(17)9(15)4-10(12)16/h4-5H,17H2,1-3H3,(H,18,19). The maximum atomic E-state index is 13.6. The Morgan fingerprint density at radius 2 is 1.80 bits per heavy atom. The molecule has 0 aliphatic heterocycles. The van der Waals surface area contributed by atoms with Gasteiger partial charge in [-0.15, -0.1) is 0 Å². The SMILES string of the molecule is Cc1oc(C)c(C(=O)Nc2cc(N)c(F)cc2F)c1C. The van der Waals surface area contributed by atoms with Crippen LogP contribution in [0.15, 0.2) is 16.5 Å². The van der Waals surface area contributed by atoms with Crippen molar-refractivity contribution in [3.05, 3.63) is 46.4 Å². The minimum absolute atomic E-state index is 0.174. The third kappa shape index (κ3) is 2.36. The first-order valence-electron chi connectivity index (χ1n) is 5.93. The highest BCUT2D eigenvalue weighted by molar-refractivity contribution is 6.06. The average Bonchev–Trinajstić information content (AvgIpc) is 2.60. The monoisotopic (exact) mass is 280 g/mol. The molecule has 0 spiro atoms. The van der Waals surface area contributed by atoms with Crippen LogP contribution in [0.1, 0.15) is 27.4 Å². The van der Waals surface area contributed by atoms with E-state index in [0.29, 0.717) is 28.7 Å². The zero-order chi connectivity index (χ0) is 15.0. The van der Waals surface area contributed by atoms with Gasteiger partial charge in [0.2, 0.25) is 0 Å². The molecule has 0 radical (unpaired) electrons. The van der Waals surface area contributed by atoms with Crippen LogP contribution in [-0.4, -0.2) is 5.91 Å². The van der Waals surface area contributed by atoms with Crippen LogP contribution in [0.25, 0.3) is 0 Å². The first kappa shape index (κ1) is 14.0. The number of halogens is 2. The van der Waals surface area contributed by atoms with Gasteiger partial charge in [-0.2, -0.15) is 0 Å². The number of benzene rings is 1. The second kappa shape index (κ2) is 4.96. The van der Waals surface area contributed by atoms with E-state index in [-0.39, 0.29) is 11.4 Å². The van der Waals surface area contributed by atoms with Gasteiger partial charge in [0.15, 0.2) is 0 Å². The van der Waals surface area contributed by atoms with Gasteiger partial charge in [0, 0.05) is 11.6 Å². The molecular formula is C14H14F2N2O2. The molecule has 4 nitrogen and oxygen atoms in total. The summed E-state index contributed by atoms with van der Waals surface area (Å²) in [5.41, 5.74) is 5.96. The molecule has 0 saturated carbocycles. The molecule has 2 rings (SSSR count). The Morgan fingerprint density at radius 1 is 1.15 bits per heavy atom. The number of nitrogen functional groups attached to an aromatic ring is 1. The number of anilines is 2. The molecule has 1 amide bonds. The third-order valence-corrected chi connectivity index (χ3v) is 3.12. The molecule has 3 N–H and O–H groups in total. The Labute approximate surface area is 114 Å². The highest BCUT2D eigenvalue weighted by Gasteiger charge is 2.20. The third-order valence-electron chi connectivity index (χ3n) is 3.12. The van der Waals surface area contributed by atoms with Crippen LogP contribution in [0.2, 0.25) is 0 Å². The highest BCUT2D eigenvalue weighted by Crippen LogP contribution is 2.25. The second-order valence-corrected chi connectivity index (χ2v) is 4.52.